The third-order valence-corrected chi connectivity index (χ3v) is 9.08. The van der Waals surface area contributed by atoms with Gasteiger partial charge in [-0.2, -0.15) is 9.97 Å². The molecule has 0 saturated carbocycles. The molecule has 0 spiro atoms. The summed E-state index contributed by atoms with van der Waals surface area (Å²) in [5.41, 5.74) is 3.33. The van der Waals surface area contributed by atoms with Crippen LogP contribution in [0.3, 0.4) is 0 Å². The number of carboxylic acids is 1. The molecule has 47 heavy (non-hydrogen) atoms. The zero-order chi connectivity index (χ0) is 32.8. The van der Waals surface area contributed by atoms with E-state index in [2.05, 4.69) is 34.2 Å². The highest BCUT2D eigenvalue weighted by atomic mass is 35.5. The third-order valence-electron chi connectivity index (χ3n) is 8.57. The fourth-order valence-electron chi connectivity index (χ4n) is 6.35. The Balaban J connectivity index is 1.46. The highest BCUT2D eigenvalue weighted by Crippen LogP contribution is 2.42. The van der Waals surface area contributed by atoms with Gasteiger partial charge in [0, 0.05) is 28.1 Å². The number of rotatable bonds is 13. The summed E-state index contributed by atoms with van der Waals surface area (Å²) >= 11 is 12.7. The van der Waals surface area contributed by atoms with Crippen LogP contribution >= 0.6 is 23.2 Å². The van der Waals surface area contributed by atoms with E-state index in [-0.39, 0.29) is 18.5 Å². The Morgan fingerprint density at radius 1 is 0.809 bits per heavy atom. The summed E-state index contributed by atoms with van der Waals surface area (Å²) in [5, 5.41) is 11.9. The number of carbonyl (C=O) groups is 1. The van der Waals surface area contributed by atoms with Gasteiger partial charge in [0.05, 0.1) is 12.8 Å². The molecule has 0 fully saturated rings. The quantitative estimate of drug-likeness (QED) is 0.135. The van der Waals surface area contributed by atoms with Crippen molar-refractivity contribution < 1.29 is 24.1 Å². The fourth-order valence-corrected chi connectivity index (χ4v) is 6.60. The number of aryl methyl sites for hydroxylation is 1. The molecule has 9 heteroatoms. The topological polar surface area (TPSA) is 90.8 Å². The molecule has 5 aromatic rings. The van der Waals surface area contributed by atoms with Gasteiger partial charge in [-0.3, -0.25) is 0 Å². The van der Waals surface area contributed by atoms with Gasteiger partial charge in [0.25, 0.3) is 0 Å². The molecular formula is C38H34Cl2N2O5. The lowest BCUT2D eigenvalue weighted by Crippen LogP contribution is -2.51. The van der Waals surface area contributed by atoms with E-state index in [9.17, 15) is 9.90 Å². The SMILES string of the molecule is COc1nc(OC(C(=O)O)C(OCCC(c2ccccc2)c2ccccc2)(c2ccc(Cl)cc2)c2ccc(Cl)cc2)nc2c1CCC2. The number of aliphatic carboxylic acids is 1. The van der Waals surface area contributed by atoms with Gasteiger partial charge in [-0.1, -0.05) is 108 Å². The van der Waals surface area contributed by atoms with Crippen molar-refractivity contribution in [3.8, 4) is 11.9 Å². The molecule has 7 nitrogen and oxygen atoms in total. The van der Waals surface area contributed by atoms with E-state index < -0.39 is 17.7 Å². The van der Waals surface area contributed by atoms with E-state index in [0.29, 0.717) is 33.5 Å². The summed E-state index contributed by atoms with van der Waals surface area (Å²) in [4.78, 5) is 22.5. The Morgan fingerprint density at radius 2 is 1.36 bits per heavy atom. The summed E-state index contributed by atoms with van der Waals surface area (Å²) in [6.45, 7) is 0.168. The molecule has 4 aromatic carbocycles. The Bertz CT molecular complexity index is 1720. The second-order valence-corrected chi connectivity index (χ2v) is 12.3. The second kappa shape index (κ2) is 14.6. The summed E-state index contributed by atoms with van der Waals surface area (Å²) in [5.74, 6) is -0.899. The molecule has 1 heterocycles. The van der Waals surface area contributed by atoms with E-state index in [1.807, 2.05) is 36.4 Å². The van der Waals surface area contributed by atoms with E-state index in [1.165, 1.54) is 7.11 Å². The number of fused-ring (bicyclic) bond motifs is 1. The average Bonchev–Trinajstić information content (AvgIpc) is 3.58. The molecule has 1 N–H and O–H groups in total. The van der Waals surface area contributed by atoms with Gasteiger partial charge in [-0.25, -0.2) is 4.79 Å². The molecule has 0 amide bonds. The van der Waals surface area contributed by atoms with Gasteiger partial charge in [-0.15, -0.1) is 0 Å². The van der Waals surface area contributed by atoms with Crippen molar-refractivity contribution in [1.29, 1.82) is 0 Å². The number of ether oxygens (including phenoxy) is 3. The number of hydrogen-bond acceptors (Lipinski definition) is 6. The maximum absolute atomic E-state index is 13.4. The molecule has 1 aliphatic rings. The summed E-state index contributed by atoms with van der Waals surface area (Å²) in [6, 6.07) is 34.1. The number of aromatic nitrogens is 2. The van der Waals surface area contributed by atoms with Crippen molar-refractivity contribution >= 4 is 29.2 Å². The van der Waals surface area contributed by atoms with Crippen molar-refractivity contribution in [2.45, 2.75) is 43.3 Å². The second-order valence-electron chi connectivity index (χ2n) is 11.4. The van der Waals surface area contributed by atoms with Crippen LogP contribution < -0.4 is 9.47 Å². The Labute approximate surface area is 284 Å². The van der Waals surface area contributed by atoms with Gasteiger partial charge >= 0.3 is 12.0 Å². The lowest BCUT2D eigenvalue weighted by atomic mass is 9.80. The molecule has 0 radical (unpaired) electrons. The van der Waals surface area contributed by atoms with Crippen LogP contribution in [0, 0.1) is 0 Å². The minimum atomic E-state index is -1.67. The lowest BCUT2D eigenvalue weighted by molar-refractivity contribution is -0.164. The Morgan fingerprint density at radius 3 is 1.87 bits per heavy atom. The predicted octanol–water partition coefficient (Wildman–Crippen LogP) is 8.30. The zero-order valence-electron chi connectivity index (χ0n) is 25.8. The van der Waals surface area contributed by atoms with Crippen LogP contribution in [0.1, 0.15) is 52.3 Å². The van der Waals surface area contributed by atoms with Crippen molar-refractivity contribution in [3.05, 3.63) is 153 Å². The standard InChI is InChI=1S/C38H34Cl2N2O5/c1-45-35-32-13-8-14-33(32)41-37(42-35)47-34(36(43)44)38(27-15-19-29(39)20-16-27,28-17-21-30(40)22-18-28)46-24-23-31(25-9-4-2-5-10-25)26-11-6-3-7-12-26/h2-7,9-12,15-22,31,34H,8,13-14,23-24H2,1H3,(H,43,44). The molecule has 1 unspecified atom stereocenters. The van der Waals surface area contributed by atoms with Crippen LogP contribution in [0.2, 0.25) is 10.0 Å². The molecular weight excluding hydrogens is 635 g/mol. The molecule has 6 rings (SSSR count). The average molecular weight is 670 g/mol. The molecule has 0 aliphatic heterocycles. The van der Waals surface area contributed by atoms with Crippen LogP contribution in [0.25, 0.3) is 0 Å². The van der Waals surface area contributed by atoms with E-state index in [1.54, 1.807) is 48.5 Å². The highest BCUT2D eigenvalue weighted by molar-refractivity contribution is 6.30. The van der Waals surface area contributed by atoms with Crippen molar-refractivity contribution in [2.75, 3.05) is 13.7 Å². The number of carboxylic acid groups (broad SMARTS) is 1. The molecule has 240 valence electrons. The van der Waals surface area contributed by atoms with Crippen LogP contribution in [0.15, 0.2) is 109 Å². The Kier molecular flexibility index (Phi) is 10.1. The normalized spacial score (nSPS) is 13.3. The number of benzene rings is 4. The summed E-state index contributed by atoms with van der Waals surface area (Å²) in [6.07, 6.45) is 1.33. The maximum Gasteiger partial charge on any atom is 0.348 e. The number of nitrogens with zero attached hydrogens (tertiary/aromatic N) is 2. The van der Waals surface area contributed by atoms with Gasteiger partial charge in [0.15, 0.2) is 5.60 Å². The van der Waals surface area contributed by atoms with Gasteiger partial charge in [0.2, 0.25) is 12.0 Å². The number of methoxy groups -OCH3 is 1. The van der Waals surface area contributed by atoms with Crippen molar-refractivity contribution in [3.63, 3.8) is 0 Å². The van der Waals surface area contributed by atoms with Crippen molar-refractivity contribution in [1.82, 2.24) is 9.97 Å². The van der Waals surface area contributed by atoms with E-state index in [0.717, 1.165) is 41.6 Å². The largest absolute Gasteiger partial charge is 0.481 e. The first kappa shape index (κ1) is 32.5. The third kappa shape index (κ3) is 6.98. The minimum Gasteiger partial charge on any atom is -0.481 e. The molecule has 1 aromatic heterocycles. The van der Waals surface area contributed by atoms with Gasteiger partial charge in [0.1, 0.15) is 0 Å². The Hall–Kier alpha value is -4.43. The highest BCUT2D eigenvalue weighted by Gasteiger charge is 2.50. The van der Waals surface area contributed by atoms with E-state index >= 15 is 0 Å². The van der Waals surface area contributed by atoms with Gasteiger partial charge < -0.3 is 19.3 Å². The van der Waals surface area contributed by atoms with Gasteiger partial charge in [-0.05, 0) is 72.2 Å². The van der Waals surface area contributed by atoms with E-state index in [4.69, 9.17) is 37.4 Å². The number of hydrogen-bond donors (Lipinski definition) is 1. The van der Waals surface area contributed by atoms with Crippen LogP contribution in [0.5, 0.6) is 11.9 Å². The smallest absolute Gasteiger partial charge is 0.348 e. The first-order valence-corrected chi connectivity index (χ1v) is 16.2. The van der Waals surface area contributed by atoms with Crippen LogP contribution in [0.4, 0.5) is 0 Å². The van der Waals surface area contributed by atoms with Crippen LogP contribution in [-0.2, 0) is 28.0 Å². The van der Waals surface area contributed by atoms with Crippen LogP contribution in [-0.4, -0.2) is 40.9 Å². The minimum absolute atomic E-state index is 0.0148. The molecule has 0 bridgehead atoms. The summed E-state index contributed by atoms with van der Waals surface area (Å²) in [7, 11) is 1.53. The summed E-state index contributed by atoms with van der Waals surface area (Å²) < 4.78 is 18.8. The molecule has 1 aliphatic carbocycles. The predicted molar refractivity (Wildman–Crippen MR) is 182 cm³/mol. The first-order chi connectivity index (χ1) is 22.9. The lowest BCUT2D eigenvalue weighted by Gasteiger charge is -2.39. The molecule has 1 atom stereocenters. The maximum atomic E-state index is 13.4. The zero-order valence-corrected chi connectivity index (χ0v) is 27.3. The fraction of sp³-hybridized carbons (Fsp3) is 0.237. The molecule has 0 saturated heterocycles. The first-order valence-electron chi connectivity index (χ1n) is 15.5. The van der Waals surface area contributed by atoms with Crippen molar-refractivity contribution in [2.24, 2.45) is 0 Å². The monoisotopic (exact) mass is 668 g/mol. The number of halogens is 2.